The Labute approximate surface area is 137 Å². The molecular formula is C17H12ClFN2O2. The quantitative estimate of drug-likeness (QED) is 0.649. The maximum atomic E-state index is 13.1. The fraction of sp³-hybridized carbons (Fsp3) is 0.0588. The van der Waals surface area contributed by atoms with Gasteiger partial charge in [0.25, 0.3) is 0 Å². The molecule has 0 atom stereocenters. The normalized spacial score (nSPS) is 10.6. The van der Waals surface area contributed by atoms with Gasteiger partial charge in [0.2, 0.25) is 6.41 Å². The van der Waals surface area contributed by atoms with Crippen LogP contribution in [0.3, 0.4) is 0 Å². The number of benzene rings is 2. The molecule has 2 aromatic carbocycles. The predicted octanol–water partition coefficient (Wildman–Crippen LogP) is 4.74. The third kappa shape index (κ3) is 2.83. The van der Waals surface area contributed by atoms with Crippen LogP contribution < -0.4 is 4.90 Å². The van der Waals surface area contributed by atoms with Gasteiger partial charge in [-0.25, -0.2) is 4.39 Å². The van der Waals surface area contributed by atoms with Gasteiger partial charge in [0.05, 0.1) is 5.02 Å². The van der Waals surface area contributed by atoms with E-state index in [2.05, 4.69) is 5.16 Å². The highest BCUT2D eigenvalue weighted by Gasteiger charge is 2.23. The molecule has 3 rings (SSSR count). The predicted molar refractivity (Wildman–Crippen MR) is 86.3 cm³/mol. The molecule has 0 fully saturated rings. The highest BCUT2D eigenvalue weighted by molar-refractivity contribution is 6.33. The van der Waals surface area contributed by atoms with Crippen LogP contribution in [0.5, 0.6) is 0 Å². The summed E-state index contributed by atoms with van der Waals surface area (Å²) in [5.74, 6) is 0.0734. The Morgan fingerprint density at radius 1 is 1.17 bits per heavy atom. The minimum absolute atomic E-state index is 0.382. The van der Waals surface area contributed by atoms with Crippen molar-refractivity contribution in [2.24, 2.45) is 0 Å². The van der Waals surface area contributed by atoms with Crippen LogP contribution in [0.25, 0.3) is 11.3 Å². The Hall–Kier alpha value is -2.66. The number of halogens is 2. The van der Waals surface area contributed by atoms with E-state index in [4.69, 9.17) is 16.1 Å². The smallest absolute Gasteiger partial charge is 0.218 e. The van der Waals surface area contributed by atoms with Crippen molar-refractivity contribution < 1.29 is 13.7 Å². The van der Waals surface area contributed by atoms with Crippen molar-refractivity contribution in [2.45, 2.75) is 6.92 Å². The van der Waals surface area contributed by atoms with E-state index in [1.54, 1.807) is 25.1 Å². The molecule has 0 aliphatic heterocycles. The van der Waals surface area contributed by atoms with Crippen molar-refractivity contribution in [1.82, 2.24) is 5.16 Å². The number of carbonyl (C=O) groups is 1. The molecule has 116 valence electrons. The van der Waals surface area contributed by atoms with Gasteiger partial charge in [-0.3, -0.25) is 9.69 Å². The van der Waals surface area contributed by atoms with Gasteiger partial charge in [0.15, 0.2) is 5.76 Å². The van der Waals surface area contributed by atoms with Crippen LogP contribution in [-0.4, -0.2) is 11.6 Å². The van der Waals surface area contributed by atoms with Gasteiger partial charge < -0.3 is 4.52 Å². The number of hydrogen-bond acceptors (Lipinski definition) is 3. The third-order valence-electron chi connectivity index (χ3n) is 3.41. The largest absolute Gasteiger partial charge is 0.359 e. The number of hydrogen-bond donors (Lipinski definition) is 0. The monoisotopic (exact) mass is 330 g/mol. The summed E-state index contributed by atoms with van der Waals surface area (Å²) in [6.45, 7) is 1.70. The van der Waals surface area contributed by atoms with Crippen LogP contribution >= 0.6 is 11.6 Å². The Morgan fingerprint density at radius 2 is 1.87 bits per heavy atom. The summed E-state index contributed by atoms with van der Waals surface area (Å²) in [6.07, 6.45) is 0.632. The van der Waals surface area contributed by atoms with Gasteiger partial charge in [-0.2, -0.15) is 0 Å². The standard InChI is InChI=1S/C17H12ClFN2O2/c1-11-17(21(10-22)13-8-6-12(19)7-9-13)16(20-23-11)14-4-2-3-5-15(14)18/h2-10H,1H3. The lowest BCUT2D eigenvalue weighted by Gasteiger charge is -2.17. The van der Waals surface area contributed by atoms with E-state index in [0.717, 1.165) is 0 Å². The van der Waals surface area contributed by atoms with Crippen molar-refractivity contribution in [2.75, 3.05) is 4.90 Å². The van der Waals surface area contributed by atoms with E-state index in [1.807, 2.05) is 6.07 Å². The molecule has 4 nitrogen and oxygen atoms in total. The summed E-state index contributed by atoms with van der Waals surface area (Å²) in [6, 6.07) is 12.7. The number of aryl methyl sites for hydroxylation is 1. The van der Waals surface area contributed by atoms with Crippen LogP contribution in [-0.2, 0) is 4.79 Å². The van der Waals surface area contributed by atoms with Crippen LogP contribution in [0.4, 0.5) is 15.8 Å². The summed E-state index contributed by atoms with van der Waals surface area (Å²) in [5.41, 5.74) is 2.07. The van der Waals surface area contributed by atoms with Crippen LogP contribution in [0.2, 0.25) is 5.02 Å². The minimum Gasteiger partial charge on any atom is -0.359 e. The topological polar surface area (TPSA) is 46.3 Å². The molecular weight excluding hydrogens is 319 g/mol. The summed E-state index contributed by atoms with van der Waals surface area (Å²) < 4.78 is 18.4. The lowest BCUT2D eigenvalue weighted by atomic mass is 10.1. The molecule has 0 saturated heterocycles. The Morgan fingerprint density at radius 3 is 2.52 bits per heavy atom. The second-order valence-electron chi connectivity index (χ2n) is 4.87. The summed E-state index contributed by atoms with van der Waals surface area (Å²) in [5, 5.41) is 4.52. The first-order valence-corrected chi connectivity index (χ1v) is 7.21. The van der Waals surface area contributed by atoms with Crippen LogP contribution in [0, 0.1) is 12.7 Å². The molecule has 0 N–H and O–H groups in total. The van der Waals surface area contributed by atoms with E-state index >= 15 is 0 Å². The number of anilines is 2. The second kappa shape index (κ2) is 6.22. The number of aromatic nitrogens is 1. The SMILES string of the molecule is Cc1onc(-c2ccccc2Cl)c1N(C=O)c1ccc(F)cc1. The van der Waals surface area contributed by atoms with E-state index in [1.165, 1.54) is 29.2 Å². The van der Waals surface area contributed by atoms with E-state index in [9.17, 15) is 9.18 Å². The van der Waals surface area contributed by atoms with Gasteiger partial charge in [-0.1, -0.05) is 35.0 Å². The Kier molecular flexibility index (Phi) is 4.12. The molecule has 0 aliphatic carbocycles. The maximum Gasteiger partial charge on any atom is 0.218 e. The molecule has 6 heteroatoms. The van der Waals surface area contributed by atoms with Crippen LogP contribution in [0.1, 0.15) is 5.76 Å². The van der Waals surface area contributed by atoms with Gasteiger partial charge in [-0.15, -0.1) is 0 Å². The van der Waals surface area contributed by atoms with Gasteiger partial charge >= 0.3 is 0 Å². The zero-order valence-electron chi connectivity index (χ0n) is 12.2. The second-order valence-corrected chi connectivity index (χ2v) is 5.27. The molecule has 0 unspecified atom stereocenters. The molecule has 0 saturated carbocycles. The molecule has 0 aliphatic rings. The van der Waals surface area contributed by atoms with Crippen molar-refractivity contribution in [1.29, 1.82) is 0 Å². The molecule has 1 amide bonds. The van der Waals surface area contributed by atoms with Gasteiger partial charge in [0.1, 0.15) is 17.2 Å². The number of amides is 1. The lowest BCUT2D eigenvalue weighted by Crippen LogP contribution is -2.15. The average Bonchev–Trinajstić information content (AvgIpc) is 2.92. The summed E-state index contributed by atoms with van der Waals surface area (Å²) >= 11 is 6.22. The molecule has 23 heavy (non-hydrogen) atoms. The van der Waals surface area contributed by atoms with Crippen molar-refractivity contribution >= 4 is 29.4 Å². The first-order valence-electron chi connectivity index (χ1n) is 6.83. The zero-order chi connectivity index (χ0) is 16.4. The lowest BCUT2D eigenvalue weighted by molar-refractivity contribution is -0.106. The molecule has 1 aromatic heterocycles. The minimum atomic E-state index is -0.382. The van der Waals surface area contributed by atoms with Gasteiger partial charge in [0, 0.05) is 11.3 Å². The first-order chi connectivity index (χ1) is 11.1. The Balaban J connectivity index is 2.15. The summed E-state index contributed by atoms with van der Waals surface area (Å²) in [4.78, 5) is 13.0. The molecule has 3 aromatic rings. The van der Waals surface area contributed by atoms with E-state index in [-0.39, 0.29) is 5.82 Å². The van der Waals surface area contributed by atoms with Gasteiger partial charge in [-0.05, 0) is 37.3 Å². The van der Waals surface area contributed by atoms with Crippen LogP contribution in [0.15, 0.2) is 53.1 Å². The molecule has 0 spiro atoms. The first kappa shape index (κ1) is 15.2. The summed E-state index contributed by atoms with van der Waals surface area (Å²) in [7, 11) is 0. The maximum absolute atomic E-state index is 13.1. The highest BCUT2D eigenvalue weighted by atomic mass is 35.5. The molecule has 1 heterocycles. The van der Waals surface area contributed by atoms with E-state index < -0.39 is 0 Å². The molecule has 0 radical (unpaired) electrons. The molecule has 0 bridgehead atoms. The average molecular weight is 331 g/mol. The highest BCUT2D eigenvalue weighted by Crippen LogP contribution is 2.39. The number of rotatable bonds is 4. The number of carbonyl (C=O) groups excluding carboxylic acids is 1. The van der Waals surface area contributed by atoms with Crippen molar-refractivity contribution in [3.8, 4) is 11.3 Å². The number of nitrogens with zero attached hydrogens (tertiary/aromatic N) is 2. The van der Waals surface area contributed by atoms with Crippen molar-refractivity contribution in [3.63, 3.8) is 0 Å². The Bertz CT molecular complexity index is 846. The zero-order valence-corrected chi connectivity index (χ0v) is 12.9. The fourth-order valence-corrected chi connectivity index (χ4v) is 2.55. The fourth-order valence-electron chi connectivity index (χ4n) is 2.33. The van der Waals surface area contributed by atoms with Crippen molar-refractivity contribution in [3.05, 3.63) is 65.1 Å². The van der Waals surface area contributed by atoms with E-state index in [0.29, 0.717) is 39.8 Å². The third-order valence-corrected chi connectivity index (χ3v) is 3.74.